The number of hydrogen-bond donors (Lipinski definition) is 4. The van der Waals surface area contributed by atoms with Crippen molar-refractivity contribution in [2.75, 3.05) is 0 Å². The van der Waals surface area contributed by atoms with Crippen LogP contribution in [0.2, 0.25) is 0 Å². The molecule has 17 heavy (non-hydrogen) atoms. The Bertz CT molecular complexity index is 283. The molecule has 0 spiro atoms. The summed E-state index contributed by atoms with van der Waals surface area (Å²) in [5.74, 6) is -3.35. The zero-order valence-corrected chi connectivity index (χ0v) is 9.66. The van der Waals surface area contributed by atoms with Crippen LogP contribution in [-0.4, -0.2) is 39.3 Å². The Labute approximate surface area is 98.5 Å². The molecule has 7 heteroatoms. The van der Waals surface area contributed by atoms with E-state index in [4.69, 9.17) is 21.1 Å². The molecule has 0 aliphatic heterocycles. The molecule has 0 bridgehead atoms. The van der Waals surface area contributed by atoms with Gasteiger partial charge in [0.1, 0.15) is 6.04 Å². The summed E-state index contributed by atoms with van der Waals surface area (Å²) in [6.07, 6.45) is 1.93. The van der Waals surface area contributed by atoms with Gasteiger partial charge in [-0.05, 0) is 5.92 Å². The Kier molecular flexibility index (Phi) is 9.62. The smallest absolute Gasteiger partial charge is 0.328 e. The Morgan fingerprint density at radius 1 is 1.12 bits per heavy atom. The maximum absolute atomic E-state index is 10.2. The van der Waals surface area contributed by atoms with Gasteiger partial charge in [0, 0.05) is 12.2 Å². The van der Waals surface area contributed by atoms with E-state index < -0.39 is 23.9 Å². The van der Waals surface area contributed by atoms with Crippen LogP contribution in [0.25, 0.3) is 0 Å². The maximum Gasteiger partial charge on any atom is 0.328 e. The van der Waals surface area contributed by atoms with Gasteiger partial charge in [0.05, 0.1) is 0 Å². The van der Waals surface area contributed by atoms with E-state index in [9.17, 15) is 14.4 Å². The van der Waals surface area contributed by atoms with Gasteiger partial charge in [0.15, 0.2) is 0 Å². The molecule has 98 valence electrons. The fourth-order valence-corrected chi connectivity index (χ4v) is 0.640. The summed E-state index contributed by atoms with van der Waals surface area (Å²) >= 11 is 0. The summed E-state index contributed by atoms with van der Waals surface area (Å²) in [6, 6.07) is -0.699. The van der Waals surface area contributed by atoms with Gasteiger partial charge < -0.3 is 21.1 Å². The van der Waals surface area contributed by atoms with E-state index in [0.717, 1.165) is 6.42 Å². The summed E-state index contributed by atoms with van der Waals surface area (Å²) in [6.45, 7) is 3.76. The standard InChI is InChI=1S/C6H13NO2.C4H4O4/c1-3-4(2)5(7)6(8)9;5-3(6)1-2-4(7)8/h4-5H,3,7H2,1-2H3,(H,8,9);1-2H,(H,5,6)(H,7,8)/b;2-1+. The van der Waals surface area contributed by atoms with E-state index in [0.29, 0.717) is 12.2 Å². The van der Waals surface area contributed by atoms with Gasteiger partial charge in [0.25, 0.3) is 0 Å². The Morgan fingerprint density at radius 2 is 1.47 bits per heavy atom. The molecule has 0 radical (unpaired) electrons. The topological polar surface area (TPSA) is 138 Å². The van der Waals surface area contributed by atoms with E-state index in [1.807, 2.05) is 13.8 Å². The lowest BCUT2D eigenvalue weighted by molar-refractivity contribution is -0.139. The van der Waals surface area contributed by atoms with Gasteiger partial charge >= 0.3 is 17.9 Å². The second-order valence-corrected chi connectivity index (χ2v) is 3.26. The van der Waals surface area contributed by atoms with Gasteiger partial charge in [-0.25, -0.2) is 9.59 Å². The largest absolute Gasteiger partial charge is 0.480 e. The molecule has 5 N–H and O–H groups in total. The number of nitrogens with two attached hydrogens (primary N) is 1. The Hall–Kier alpha value is -1.89. The third-order valence-electron chi connectivity index (χ3n) is 1.91. The van der Waals surface area contributed by atoms with Crippen LogP contribution < -0.4 is 5.73 Å². The maximum atomic E-state index is 10.2. The molecule has 0 aromatic carbocycles. The van der Waals surface area contributed by atoms with Gasteiger partial charge in [-0.1, -0.05) is 20.3 Å². The molecule has 0 amide bonds. The fourth-order valence-electron chi connectivity index (χ4n) is 0.640. The minimum absolute atomic E-state index is 0.0718. The highest BCUT2D eigenvalue weighted by atomic mass is 16.4. The fraction of sp³-hybridized carbons (Fsp3) is 0.500. The van der Waals surface area contributed by atoms with Crippen LogP contribution in [0.1, 0.15) is 20.3 Å². The normalized spacial score (nSPS) is 13.4. The van der Waals surface area contributed by atoms with E-state index >= 15 is 0 Å². The molecule has 0 heterocycles. The molecule has 2 unspecified atom stereocenters. The lowest BCUT2D eigenvalue weighted by atomic mass is 10.0. The van der Waals surface area contributed by atoms with Crippen molar-refractivity contribution in [3.05, 3.63) is 12.2 Å². The van der Waals surface area contributed by atoms with Crippen molar-refractivity contribution >= 4 is 17.9 Å². The van der Waals surface area contributed by atoms with Crippen molar-refractivity contribution in [1.29, 1.82) is 0 Å². The molecule has 2 atom stereocenters. The highest BCUT2D eigenvalue weighted by molar-refractivity contribution is 5.89. The zero-order chi connectivity index (χ0) is 14.0. The predicted octanol–water partition coefficient (Wildman–Crippen LogP) is 0.156. The molecule has 0 aromatic heterocycles. The van der Waals surface area contributed by atoms with Crippen LogP contribution in [0.5, 0.6) is 0 Å². The highest BCUT2D eigenvalue weighted by Crippen LogP contribution is 2.04. The van der Waals surface area contributed by atoms with Gasteiger partial charge in [-0.3, -0.25) is 4.79 Å². The average Bonchev–Trinajstić information content (AvgIpc) is 2.24. The Balaban J connectivity index is 0. The molecular weight excluding hydrogens is 230 g/mol. The zero-order valence-electron chi connectivity index (χ0n) is 9.66. The third-order valence-corrected chi connectivity index (χ3v) is 1.91. The first-order chi connectivity index (χ1) is 7.72. The van der Waals surface area contributed by atoms with Crippen molar-refractivity contribution in [2.24, 2.45) is 11.7 Å². The van der Waals surface area contributed by atoms with Crippen LogP contribution >= 0.6 is 0 Å². The lowest BCUT2D eigenvalue weighted by Crippen LogP contribution is -2.36. The highest BCUT2D eigenvalue weighted by Gasteiger charge is 2.17. The third kappa shape index (κ3) is 12.0. The van der Waals surface area contributed by atoms with Gasteiger partial charge in [-0.2, -0.15) is 0 Å². The van der Waals surface area contributed by atoms with Crippen molar-refractivity contribution in [3.63, 3.8) is 0 Å². The molecule has 0 fully saturated rings. The minimum atomic E-state index is -1.26. The number of hydrogen-bond acceptors (Lipinski definition) is 4. The summed E-state index contributed by atoms with van der Waals surface area (Å²) in [4.78, 5) is 29.3. The van der Waals surface area contributed by atoms with E-state index in [-0.39, 0.29) is 5.92 Å². The molecule has 0 aliphatic carbocycles. The second-order valence-electron chi connectivity index (χ2n) is 3.26. The quantitative estimate of drug-likeness (QED) is 0.507. The minimum Gasteiger partial charge on any atom is -0.480 e. The number of aliphatic carboxylic acids is 3. The monoisotopic (exact) mass is 247 g/mol. The second kappa shape index (κ2) is 9.34. The lowest BCUT2D eigenvalue weighted by Gasteiger charge is -2.11. The van der Waals surface area contributed by atoms with Crippen molar-refractivity contribution in [3.8, 4) is 0 Å². The first-order valence-corrected chi connectivity index (χ1v) is 4.84. The number of rotatable bonds is 5. The molecule has 0 aliphatic rings. The molecule has 7 nitrogen and oxygen atoms in total. The van der Waals surface area contributed by atoms with Crippen LogP contribution in [0.15, 0.2) is 12.2 Å². The first-order valence-electron chi connectivity index (χ1n) is 4.84. The summed E-state index contributed by atoms with van der Waals surface area (Å²) in [5, 5.41) is 24.0. The van der Waals surface area contributed by atoms with Crippen LogP contribution in [0.3, 0.4) is 0 Å². The molecule has 0 saturated heterocycles. The SMILES string of the molecule is CCC(C)C(N)C(=O)O.O=C(O)/C=C/C(=O)O. The number of carboxylic acid groups (broad SMARTS) is 3. The number of carbonyl (C=O) groups is 3. The summed E-state index contributed by atoms with van der Waals surface area (Å²) in [5.41, 5.74) is 5.27. The first kappa shape index (κ1) is 17.5. The summed E-state index contributed by atoms with van der Waals surface area (Å²) in [7, 11) is 0. The predicted molar refractivity (Wildman–Crippen MR) is 59.5 cm³/mol. The van der Waals surface area contributed by atoms with Crippen LogP contribution in [-0.2, 0) is 14.4 Å². The van der Waals surface area contributed by atoms with Crippen molar-refractivity contribution in [2.45, 2.75) is 26.3 Å². The molecule has 0 rings (SSSR count). The van der Waals surface area contributed by atoms with Crippen molar-refractivity contribution < 1.29 is 29.7 Å². The van der Waals surface area contributed by atoms with E-state index in [2.05, 4.69) is 0 Å². The van der Waals surface area contributed by atoms with Crippen LogP contribution in [0.4, 0.5) is 0 Å². The summed E-state index contributed by atoms with van der Waals surface area (Å²) < 4.78 is 0. The number of carboxylic acids is 3. The average molecular weight is 247 g/mol. The molecular formula is C10H17NO6. The molecule has 0 saturated carbocycles. The van der Waals surface area contributed by atoms with Crippen molar-refractivity contribution in [1.82, 2.24) is 0 Å². The molecule has 0 aromatic rings. The Morgan fingerprint density at radius 3 is 1.59 bits per heavy atom. The van der Waals surface area contributed by atoms with E-state index in [1.54, 1.807) is 0 Å². The van der Waals surface area contributed by atoms with Gasteiger partial charge in [0.2, 0.25) is 0 Å². The van der Waals surface area contributed by atoms with Gasteiger partial charge in [-0.15, -0.1) is 0 Å². The van der Waals surface area contributed by atoms with Crippen LogP contribution in [0, 0.1) is 5.92 Å². The van der Waals surface area contributed by atoms with E-state index in [1.165, 1.54) is 0 Å².